The van der Waals surface area contributed by atoms with E-state index in [1.165, 1.54) is 17.7 Å². The first-order chi connectivity index (χ1) is 11.8. The van der Waals surface area contributed by atoms with Gasteiger partial charge in [-0.1, -0.05) is 0 Å². The molecule has 0 saturated carbocycles. The van der Waals surface area contributed by atoms with Crippen LogP contribution in [0.15, 0.2) is 48.8 Å². The second-order valence-corrected chi connectivity index (χ2v) is 6.16. The van der Waals surface area contributed by atoms with Crippen LogP contribution in [0.25, 0.3) is 22.5 Å². The van der Waals surface area contributed by atoms with Crippen molar-refractivity contribution in [2.45, 2.75) is 18.8 Å². The van der Waals surface area contributed by atoms with Crippen molar-refractivity contribution >= 4 is 0 Å². The fourth-order valence-electron chi connectivity index (χ4n) is 3.33. The third-order valence-electron chi connectivity index (χ3n) is 4.64. The van der Waals surface area contributed by atoms with Gasteiger partial charge >= 0.3 is 0 Å². The fraction of sp³-hybridized carbons (Fsp3) is 0.263. The summed E-state index contributed by atoms with van der Waals surface area (Å²) in [6.45, 7) is 2.10. The number of hydrogen-bond donors (Lipinski definition) is 2. The first-order valence-corrected chi connectivity index (χ1v) is 8.27. The minimum absolute atomic E-state index is 0.239. The number of nitrogens with zero attached hydrogens (tertiary/aromatic N) is 2. The molecule has 0 amide bonds. The zero-order chi connectivity index (χ0) is 16.4. The Labute approximate surface area is 140 Å². The van der Waals surface area contributed by atoms with E-state index in [4.69, 9.17) is 0 Å². The number of H-pyrrole nitrogens is 1. The number of aromatic amines is 1. The van der Waals surface area contributed by atoms with Crippen molar-refractivity contribution in [2.75, 3.05) is 13.1 Å². The van der Waals surface area contributed by atoms with Gasteiger partial charge in [-0.15, -0.1) is 0 Å². The van der Waals surface area contributed by atoms with Crippen LogP contribution < -0.4 is 5.32 Å². The molecule has 0 atom stereocenters. The Balaban J connectivity index is 1.69. The summed E-state index contributed by atoms with van der Waals surface area (Å²) in [5.41, 5.74) is 5.13. The maximum atomic E-state index is 13.1. The molecule has 1 saturated heterocycles. The van der Waals surface area contributed by atoms with Crippen molar-refractivity contribution in [1.29, 1.82) is 0 Å². The lowest BCUT2D eigenvalue weighted by Gasteiger charge is -2.22. The van der Waals surface area contributed by atoms with Crippen molar-refractivity contribution < 1.29 is 4.39 Å². The second-order valence-electron chi connectivity index (χ2n) is 6.16. The largest absolute Gasteiger partial charge is 0.317 e. The molecule has 2 aromatic heterocycles. The van der Waals surface area contributed by atoms with Gasteiger partial charge in [-0.05, 0) is 68.2 Å². The highest BCUT2D eigenvalue weighted by Crippen LogP contribution is 2.33. The van der Waals surface area contributed by atoms with Crippen molar-refractivity contribution in [3.63, 3.8) is 0 Å². The highest BCUT2D eigenvalue weighted by molar-refractivity contribution is 5.70. The average molecular weight is 322 g/mol. The van der Waals surface area contributed by atoms with Gasteiger partial charge < -0.3 is 5.32 Å². The normalized spacial score (nSPS) is 15.5. The summed E-state index contributed by atoms with van der Waals surface area (Å²) in [4.78, 5) is 4.42. The molecular formula is C19H19FN4. The summed E-state index contributed by atoms with van der Waals surface area (Å²) < 4.78 is 13.1. The number of piperidine rings is 1. The lowest BCUT2D eigenvalue weighted by atomic mass is 9.89. The summed E-state index contributed by atoms with van der Waals surface area (Å²) in [5.74, 6) is 0.291. The van der Waals surface area contributed by atoms with E-state index in [0.29, 0.717) is 5.92 Å². The molecule has 1 aliphatic rings. The van der Waals surface area contributed by atoms with E-state index in [-0.39, 0.29) is 5.82 Å². The Kier molecular flexibility index (Phi) is 4.09. The van der Waals surface area contributed by atoms with Gasteiger partial charge in [-0.3, -0.25) is 10.1 Å². The number of aromatic nitrogens is 3. The predicted molar refractivity (Wildman–Crippen MR) is 92.1 cm³/mol. The summed E-state index contributed by atoms with van der Waals surface area (Å²) in [7, 11) is 0. The molecule has 4 rings (SSSR count). The third kappa shape index (κ3) is 2.95. The van der Waals surface area contributed by atoms with Gasteiger partial charge in [0.25, 0.3) is 0 Å². The molecule has 5 heteroatoms. The number of benzene rings is 1. The summed E-state index contributed by atoms with van der Waals surface area (Å²) in [5, 5.41) is 10.8. The minimum atomic E-state index is -0.239. The molecule has 1 fully saturated rings. The first kappa shape index (κ1) is 15.0. The van der Waals surface area contributed by atoms with Gasteiger partial charge in [-0.25, -0.2) is 4.39 Å². The highest BCUT2D eigenvalue weighted by atomic mass is 19.1. The predicted octanol–water partition coefficient (Wildman–Crippen LogP) is 3.74. The molecule has 0 radical (unpaired) electrons. The molecule has 2 N–H and O–H groups in total. The van der Waals surface area contributed by atoms with Gasteiger partial charge in [0, 0.05) is 22.9 Å². The lowest BCUT2D eigenvalue weighted by molar-refractivity contribution is 0.461. The monoisotopic (exact) mass is 322 g/mol. The number of nitrogens with one attached hydrogen (secondary N) is 2. The molecule has 0 aliphatic carbocycles. The Hall–Kier alpha value is -2.53. The van der Waals surface area contributed by atoms with Crippen LogP contribution in [0.2, 0.25) is 0 Å². The van der Waals surface area contributed by atoms with Crippen LogP contribution in [-0.2, 0) is 0 Å². The lowest BCUT2D eigenvalue weighted by Crippen LogP contribution is -2.26. The van der Waals surface area contributed by atoms with E-state index >= 15 is 0 Å². The van der Waals surface area contributed by atoms with Gasteiger partial charge in [-0.2, -0.15) is 5.10 Å². The molecular weight excluding hydrogens is 303 g/mol. The van der Waals surface area contributed by atoms with E-state index in [2.05, 4.69) is 20.5 Å². The topological polar surface area (TPSA) is 53.6 Å². The van der Waals surface area contributed by atoms with Gasteiger partial charge in [0.05, 0.1) is 17.6 Å². The zero-order valence-corrected chi connectivity index (χ0v) is 13.3. The third-order valence-corrected chi connectivity index (χ3v) is 4.64. The molecule has 24 heavy (non-hydrogen) atoms. The number of rotatable bonds is 3. The second kappa shape index (κ2) is 6.53. The standard InChI is InChI=1S/C19H19FN4/c20-16-3-1-14(2-4-16)18-11-15(7-10-22-18)19-17(12-23-24-19)13-5-8-21-9-6-13/h1-4,7,10-13,21H,5-6,8-9H2,(H,23,24). The summed E-state index contributed by atoms with van der Waals surface area (Å²) in [6, 6.07) is 10.4. The maximum Gasteiger partial charge on any atom is 0.123 e. The Morgan fingerprint density at radius 1 is 1.00 bits per heavy atom. The molecule has 3 heterocycles. The Morgan fingerprint density at radius 2 is 1.79 bits per heavy atom. The minimum Gasteiger partial charge on any atom is -0.317 e. The average Bonchev–Trinajstić information content (AvgIpc) is 3.13. The number of pyridine rings is 1. The van der Waals surface area contributed by atoms with Gasteiger partial charge in [0.2, 0.25) is 0 Å². The van der Waals surface area contributed by atoms with Crippen LogP contribution in [0.1, 0.15) is 24.3 Å². The van der Waals surface area contributed by atoms with Crippen molar-refractivity contribution in [1.82, 2.24) is 20.5 Å². The Morgan fingerprint density at radius 3 is 2.58 bits per heavy atom. The molecule has 122 valence electrons. The zero-order valence-electron chi connectivity index (χ0n) is 13.3. The van der Waals surface area contributed by atoms with E-state index < -0.39 is 0 Å². The van der Waals surface area contributed by atoms with Crippen LogP contribution in [0, 0.1) is 5.82 Å². The molecule has 1 aromatic carbocycles. The van der Waals surface area contributed by atoms with Crippen LogP contribution in [-0.4, -0.2) is 28.3 Å². The molecule has 3 aromatic rings. The summed E-state index contributed by atoms with van der Waals surface area (Å²) >= 11 is 0. The SMILES string of the molecule is Fc1ccc(-c2cc(-c3[nH]ncc3C3CCNCC3)ccn2)cc1. The number of hydrogen-bond acceptors (Lipinski definition) is 3. The highest BCUT2D eigenvalue weighted by Gasteiger charge is 2.20. The molecule has 0 spiro atoms. The molecule has 1 aliphatic heterocycles. The van der Waals surface area contributed by atoms with E-state index in [1.807, 2.05) is 18.3 Å². The smallest absolute Gasteiger partial charge is 0.123 e. The first-order valence-electron chi connectivity index (χ1n) is 8.27. The molecule has 4 nitrogen and oxygen atoms in total. The van der Waals surface area contributed by atoms with Crippen LogP contribution >= 0.6 is 0 Å². The molecule has 0 bridgehead atoms. The van der Waals surface area contributed by atoms with Crippen molar-refractivity contribution in [3.05, 3.63) is 60.2 Å². The van der Waals surface area contributed by atoms with Crippen LogP contribution in [0.4, 0.5) is 4.39 Å². The van der Waals surface area contributed by atoms with Gasteiger partial charge in [0.1, 0.15) is 5.82 Å². The summed E-state index contributed by atoms with van der Waals surface area (Å²) in [6.07, 6.45) is 6.00. The maximum absolute atomic E-state index is 13.1. The molecule has 0 unspecified atom stereocenters. The quantitative estimate of drug-likeness (QED) is 0.772. The van der Waals surface area contributed by atoms with Crippen LogP contribution in [0.5, 0.6) is 0 Å². The van der Waals surface area contributed by atoms with E-state index in [1.54, 1.807) is 18.3 Å². The fourth-order valence-corrected chi connectivity index (χ4v) is 3.33. The van der Waals surface area contributed by atoms with Crippen LogP contribution in [0.3, 0.4) is 0 Å². The van der Waals surface area contributed by atoms with Crippen molar-refractivity contribution in [3.8, 4) is 22.5 Å². The van der Waals surface area contributed by atoms with E-state index in [9.17, 15) is 4.39 Å². The van der Waals surface area contributed by atoms with E-state index in [0.717, 1.165) is 48.4 Å². The van der Waals surface area contributed by atoms with Crippen molar-refractivity contribution in [2.24, 2.45) is 0 Å². The number of halogens is 1. The van der Waals surface area contributed by atoms with Gasteiger partial charge in [0.15, 0.2) is 0 Å². The Bertz CT molecular complexity index is 819.